The molecule has 0 spiro atoms. The van der Waals surface area contributed by atoms with E-state index in [1.807, 2.05) is 0 Å². The third-order valence-corrected chi connectivity index (χ3v) is 6.54. The molecule has 0 aliphatic carbocycles. The van der Waals surface area contributed by atoms with E-state index in [2.05, 4.69) is 54.1 Å². The van der Waals surface area contributed by atoms with Gasteiger partial charge < -0.3 is 14.9 Å². The first-order valence-corrected chi connectivity index (χ1v) is 10.7. The van der Waals surface area contributed by atoms with E-state index in [0.717, 1.165) is 45.0 Å². The average molecular weight is 378 g/mol. The highest BCUT2D eigenvalue weighted by Crippen LogP contribution is 2.28. The SMILES string of the molecule is Cc1nn(C(C)C)c(C)c1CN1C[C@@H](CN2CCCN(C)CC2)[C@@H](CO)C1. The van der Waals surface area contributed by atoms with Crippen molar-refractivity contribution in [3.63, 3.8) is 0 Å². The molecular formula is C21H39N5O. The molecule has 2 saturated heterocycles. The summed E-state index contributed by atoms with van der Waals surface area (Å²) in [6.45, 7) is 17.9. The van der Waals surface area contributed by atoms with Crippen LogP contribution in [0.4, 0.5) is 0 Å². The van der Waals surface area contributed by atoms with Crippen molar-refractivity contribution < 1.29 is 5.11 Å². The maximum absolute atomic E-state index is 9.96. The second kappa shape index (κ2) is 9.03. The number of aromatic nitrogens is 2. The highest BCUT2D eigenvalue weighted by atomic mass is 16.3. The molecule has 6 heteroatoms. The van der Waals surface area contributed by atoms with Gasteiger partial charge >= 0.3 is 0 Å². The van der Waals surface area contributed by atoms with Crippen molar-refractivity contribution in [2.24, 2.45) is 11.8 Å². The largest absolute Gasteiger partial charge is 0.396 e. The molecule has 1 N–H and O–H groups in total. The smallest absolute Gasteiger partial charge is 0.0641 e. The Morgan fingerprint density at radius 2 is 1.78 bits per heavy atom. The van der Waals surface area contributed by atoms with Gasteiger partial charge in [0.1, 0.15) is 0 Å². The van der Waals surface area contributed by atoms with Crippen LogP contribution in [0.2, 0.25) is 0 Å². The molecule has 3 rings (SSSR count). The zero-order chi connectivity index (χ0) is 19.6. The van der Waals surface area contributed by atoms with E-state index >= 15 is 0 Å². The Labute approximate surface area is 165 Å². The summed E-state index contributed by atoms with van der Waals surface area (Å²) in [5.74, 6) is 0.964. The molecule has 1 aromatic rings. The van der Waals surface area contributed by atoms with Crippen LogP contribution in [0.15, 0.2) is 0 Å². The van der Waals surface area contributed by atoms with Crippen LogP contribution in [0.3, 0.4) is 0 Å². The highest BCUT2D eigenvalue weighted by Gasteiger charge is 2.34. The van der Waals surface area contributed by atoms with Crippen molar-refractivity contribution >= 4 is 0 Å². The number of aliphatic hydroxyl groups is 1. The summed E-state index contributed by atoms with van der Waals surface area (Å²) in [4.78, 5) is 7.59. The van der Waals surface area contributed by atoms with Gasteiger partial charge in [-0.25, -0.2) is 0 Å². The van der Waals surface area contributed by atoms with Crippen LogP contribution in [-0.4, -0.2) is 89.1 Å². The number of hydrogen-bond acceptors (Lipinski definition) is 5. The topological polar surface area (TPSA) is 47.8 Å². The first-order valence-electron chi connectivity index (χ1n) is 10.7. The Morgan fingerprint density at radius 3 is 2.44 bits per heavy atom. The molecule has 27 heavy (non-hydrogen) atoms. The molecule has 2 fully saturated rings. The van der Waals surface area contributed by atoms with Crippen molar-refractivity contribution in [3.05, 3.63) is 17.0 Å². The van der Waals surface area contributed by atoms with Gasteiger partial charge in [0.25, 0.3) is 0 Å². The molecule has 2 atom stereocenters. The summed E-state index contributed by atoms with van der Waals surface area (Å²) in [6.07, 6.45) is 1.25. The number of aliphatic hydroxyl groups excluding tert-OH is 1. The molecule has 0 amide bonds. The lowest BCUT2D eigenvalue weighted by Gasteiger charge is -2.26. The molecule has 0 saturated carbocycles. The maximum atomic E-state index is 9.96. The third-order valence-electron chi connectivity index (χ3n) is 6.54. The Bertz CT molecular complexity index is 614. The Kier molecular flexibility index (Phi) is 6.95. The second-order valence-electron chi connectivity index (χ2n) is 9.04. The highest BCUT2D eigenvalue weighted by molar-refractivity contribution is 5.25. The van der Waals surface area contributed by atoms with Gasteiger partial charge in [-0.15, -0.1) is 0 Å². The normalized spacial score (nSPS) is 26.2. The summed E-state index contributed by atoms with van der Waals surface area (Å²) < 4.78 is 2.15. The van der Waals surface area contributed by atoms with Crippen molar-refractivity contribution in [2.45, 2.75) is 46.7 Å². The summed E-state index contributed by atoms with van der Waals surface area (Å²) in [5, 5.41) is 14.7. The quantitative estimate of drug-likeness (QED) is 0.819. The van der Waals surface area contributed by atoms with Crippen LogP contribution < -0.4 is 0 Å². The molecule has 2 aliphatic rings. The van der Waals surface area contributed by atoms with Crippen molar-refractivity contribution in [1.82, 2.24) is 24.5 Å². The predicted molar refractivity (Wildman–Crippen MR) is 110 cm³/mol. The van der Waals surface area contributed by atoms with Crippen LogP contribution >= 0.6 is 0 Å². The van der Waals surface area contributed by atoms with Crippen LogP contribution in [-0.2, 0) is 6.54 Å². The number of nitrogens with zero attached hydrogens (tertiary/aromatic N) is 5. The minimum absolute atomic E-state index is 0.304. The number of likely N-dealkylation sites (tertiary alicyclic amines) is 1. The molecule has 0 bridgehead atoms. The molecule has 3 heterocycles. The fourth-order valence-electron chi connectivity index (χ4n) is 4.85. The van der Waals surface area contributed by atoms with Gasteiger partial charge in [0.15, 0.2) is 0 Å². The standard InChI is InChI=1S/C21H39N5O/c1-16(2)26-18(4)21(17(3)22-26)14-25-12-19(20(13-25)15-27)11-24-8-6-7-23(5)9-10-24/h16,19-20,27H,6-15H2,1-5H3/t19-,20-/m1/s1. The lowest BCUT2D eigenvalue weighted by atomic mass is 9.96. The van der Waals surface area contributed by atoms with Gasteiger partial charge in [-0.2, -0.15) is 5.10 Å². The Balaban J connectivity index is 1.62. The summed E-state index contributed by atoms with van der Waals surface area (Å²) >= 11 is 0. The van der Waals surface area contributed by atoms with E-state index in [1.165, 1.54) is 30.8 Å². The van der Waals surface area contributed by atoms with E-state index in [1.54, 1.807) is 0 Å². The number of hydrogen-bond donors (Lipinski definition) is 1. The molecule has 1 aromatic heterocycles. The molecule has 0 unspecified atom stereocenters. The predicted octanol–water partition coefficient (Wildman–Crippen LogP) is 1.76. The number of rotatable bonds is 6. The zero-order valence-electron chi connectivity index (χ0n) is 18.0. The second-order valence-corrected chi connectivity index (χ2v) is 9.04. The van der Waals surface area contributed by atoms with Gasteiger partial charge in [-0.05, 0) is 66.1 Å². The van der Waals surface area contributed by atoms with Crippen molar-refractivity contribution in [1.29, 1.82) is 0 Å². The zero-order valence-corrected chi connectivity index (χ0v) is 18.0. The van der Waals surface area contributed by atoms with E-state index in [4.69, 9.17) is 5.10 Å². The Hall–Kier alpha value is -0.950. The van der Waals surface area contributed by atoms with Crippen LogP contribution in [0.25, 0.3) is 0 Å². The van der Waals surface area contributed by atoms with E-state index in [9.17, 15) is 5.11 Å². The number of aryl methyl sites for hydroxylation is 1. The molecule has 0 aromatic carbocycles. The van der Waals surface area contributed by atoms with Crippen LogP contribution in [0.5, 0.6) is 0 Å². The maximum Gasteiger partial charge on any atom is 0.0641 e. The average Bonchev–Trinajstić information content (AvgIpc) is 3.05. The lowest BCUT2D eigenvalue weighted by molar-refractivity contribution is 0.165. The Morgan fingerprint density at radius 1 is 1.04 bits per heavy atom. The molecule has 154 valence electrons. The first kappa shape index (κ1) is 20.8. The fraction of sp³-hybridized carbons (Fsp3) is 0.857. The van der Waals surface area contributed by atoms with E-state index < -0.39 is 0 Å². The van der Waals surface area contributed by atoms with Gasteiger partial charge in [0, 0.05) is 63.2 Å². The minimum Gasteiger partial charge on any atom is -0.396 e. The summed E-state index contributed by atoms with van der Waals surface area (Å²) in [7, 11) is 2.22. The van der Waals surface area contributed by atoms with Gasteiger partial charge in [-0.1, -0.05) is 0 Å². The summed E-state index contributed by atoms with van der Waals surface area (Å²) in [5.41, 5.74) is 3.82. The lowest BCUT2D eigenvalue weighted by Crippen LogP contribution is -2.36. The minimum atomic E-state index is 0.304. The molecular weight excluding hydrogens is 338 g/mol. The van der Waals surface area contributed by atoms with Gasteiger partial charge in [0.2, 0.25) is 0 Å². The monoisotopic (exact) mass is 377 g/mol. The van der Waals surface area contributed by atoms with Gasteiger partial charge in [-0.3, -0.25) is 9.58 Å². The van der Waals surface area contributed by atoms with E-state index in [-0.39, 0.29) is 0 Å². The van der Waals surface area contributed by atoms with E-state index in [0.29, 0.717) is 24.5 Å². The van der Waals surface area contributed by atoms with Crippen LogP contribution in [0, 0.1) is 25.7 Å². The van der Waals surface area contributed by atoms with Crippen LogP contribution in [0.1, 0.15) is 43.3 Å². The number of likely N-dealkylation sites (N-methyl/N-ethyl adjacent to an activating group) is 1. The van der Waals surface area contributed by atoms with Crippen molar-refractivity contribution in [2.75, 3.05) is 59.5 Å². The van der Waals surface area contributed by atoms with Crippen molar-refractivity contribution in [3.8, 4) is 0 Å². The summed E-state index contributed by atoms with van der Waals surface area (Å²) in [6, 6.07) is 0.398. The molecule has 0 radical (unpaired) electrons. The third kappa shape index (κ3) is 4.91. The molecule has 2 aliphatic heterocycles. The first-order chi connectivity index (χ1) is 12.9. The molecule has 6 nitrogen and oxygen atoms in total. The fourth-order valence-corrected chi connectivity index (χ4v) is 4.85. The van der Waals surface area contributed by atoms with Gasteiger partial charge in [0.05, 0.1) is 5.69 Å².